The lowest BCUT2D eigenvalue weighted by molar-refractivity contribution is 0.473. The Morgan fingerprint density at radius 3 is 2.76 bits per heavy atom. The topological polar surface area (TPSA) is 25.2 Å². The van der Waals surface area contributed by atoms with Crippen LogP contribution in [-0.4, -0.2) is 6.54 Å². The molecule has 0 aliphatic heterocycles. The highest BCUT2D eigenvalue weighted by molar-refractivity contribution is 7.10. The zero-order valence-electron chi connectivity index (χ0n) is 11.5. The minimum absolute atomic E-state index is 0.0408. The molecule has 0 radical (unpaired) electrons. The van der Waals surface area contributed by atoms with Crippen LogP contribution in [0, 0.1) is 0 Å². The first-order valence-corrected chi connectivity index (χ1v) is 8.48. The van der Waals surface area contributed by atoms with Crippen LogP contribution >= 0.6 is 34.5 Å². The first kappa shape index (κ1) is 14.9. The second-order valence-corrected chi connectivity index (χ2v) is 6.59. The van der Waals surface area contributed by atoms with E-state index in [1.54, 1.807) is 11.3 Å². The largest absolute Gasteiger partial charge is 0.457 e. The first-order chi connectivity index (χ1) is 10.2. The SMILES string of the molecule is CCCNC(c1cc2cccc(Cl)c2o1)c1sccc1Cl. The molecule has 2 heterocycles. The summed E-state index contributed by atoms with van der Waals surface area (Å²) < 4.78 is 5.99. The van der Waals surface area contributed by atoms with Crippen molar-refractivity contribution in [2.45, 2.75) is 19.4 Å². The molecule has 2 aromatic heterocycles. The monoisotopic (exact) mass is 339 g/mol. The van der Waals surface area contributed by atoms with Gasteiger partial charge >= 0.3 is 0 Å². The molecule has 0 spiro atoms. The van der Waals surface area contributed by atoms with Gasteiger partial charge in [0.05, 0.1) is 10.0 Å². The summed E-state index contributed by atoms with van der Waals surface area (Å²) in [6.07, 6.45) is 1.04. The summed E-state index contributed by atoms with van der Waals surface area (Å²) in [5.41, 5.74) is 0.727. The lowest BCUT2D eigenvalue weighted by Crippen LogP contribution is -2.22. The number of hydrogen-bond acceptors (Lipinski definition) is 3. The standard InChI is InChI=1S/C16H15Cl2NOS/c1-2-7-19-14(16-12(18)6-8-21-16)13-9-10-4-3-5-11(17)15(10)20-13/h3-6,8-9,14,19H,2,7H2,1H3. The van der Waals surface area contributed by atoms with Crippen molar-refractivity contribution in [3.63, 3.8) is 0 Å². The summed E-state index contributed by atoms with van der Waals surface area (Å²) in [7, 11) is 0. The van der Waals surface area contributed by atoms with E-state index in [4.69, 9.17) is 27.6 Å². The first-order valence-electron chi connectivity index (χ1n) is 6.85. The highest BCUT2D eigenvalue weighted by Crippen LogP contribution is 2.36. The van der Waals surface area contributed by atoms with Gasteiger partial charge in [-0.3, -0.25) is 0 Å². The Morgan fingerprint density at radius 1 is 1.24 bits per heavy atom. The molecule has 0 aliphatic rings. The fourth-order valence-corrected chi connectivity index (χ4v) is 3.78. The minimum Gasteiger partial charge on any atom is -0.457 e. The molecule has 1 atom stereocenters. The number of para-hydroxylation sites is 1. The van der Waals surface area contributed by atoms with E-state index < -0.39 is 0 Å². The second kappa shape index (κ2) is 6.41. The minimum atomic E-state index is -0.0408. The Bertz CT molecular complexity index is 750. The summed E-state index contributed by atoms with van der Waals surface area (Å²) >= 11 is 14.1. The Morgan fingerprint density at radius 2 is 2.10 bits per heavy atom. The van der Waals surface area contributed by atoms with Crippen LogP contribution in [0.5, 0.6) is 0 Å². The Kier molecular flexibility index (Phi) is 4.55. The summed E-state index contributed by atoms with van der Waals surface area (Å²) in [6, 6.07) is 9.67. The number of rotatable bonds is 5. The van der Waals surface area contributed by atoms with Gasteiger partial charge in [0.15, 0.2) is 5.58 Å². The van der Waals surface area contributed by atoms with Crippen LogP contribution in [0.1, 0.15) is 30.0 Å². The zero-order valence-corrected chi connectivity index (χ0v) is 13.9. The highest BCUT2D eigenvalue weighted by atomic mass is 35.5. The van der Waals surface area contributed by atoms with Crippen molar-refractivity contribution in [3.8, 4) is 0 Å². The van der Waals surface area contributed by atoms with E-state index in [0.717, 1.165) is 39.6 Å². The van der Waals surface area contributed by atoms with Gasteiger partial charge in [0, 0.05) is 10.3 Å². The number of nitrogens with one attached hydrogen (secondary N) is 1. The third kappa shape index (κ3) is 2.97. The van der Waals surface area contributed by atoms with Gasteiger partial charge in [0.25, 0.3) is 0 Å². The van der Waals surface area contributed by atoms with Crippen molar-refractivity contribution in [2.75, 3.05) is 6.54 Å². The molecule has 21 heavy (non-hydrogen) atoms. The molecular weight excluding hydrogens is 325 g/mol. The summed E-state index contributed by atoms with van der Waals surface area (Å²) in [5.74, 6) is 0.843. The fraction of sp³-hybridized carbons (Fsp3) is 0.250. The zero-order chi connectivity index (χ0) is 14.8. The predicted molar refractivity (Wildman–Crippen MR) is 90.7 cm³/mol. The third-order valence-electron chi connectivity index (χ3n) is 3.31. The van der Waals surface area contributed by atoms with Crippen molar-refractivity contribution in [3.05, 3.63) is 56.4 Å². The maximum absolute atomic E-state index is 6.30. The van der Waals surface area contributed by atoms with Crippen molar-refractivity contribution >= 4 is 45.5 Å². The highest BCUT2D eigenvalue weighted by Gasteiger charge is 2.22. The number of furan rings is 1. The lowest BCUT2D eigenvalue weighted by Gasteiger charge is -2.15. The number of halogens is 2. The van der Waals surface area contributed by atoms with Crippen LogP contribution in [-0.2, 0) is 0 Å². The molecule has 5 heteroatoms. The second-order valence-electron chi connectivity index (χ2n) is 4.83. The van der Waals surface area contributed by atoms with Crippen molar-refractivity contribution in [1.29, 1.82) is 0 Å². The van der Waals surface area contributed by atoms with Crippen LogP contribution in [0.3, 0.4) is 0 Å². The summed E-state index contributed by atoms with van der Waals surface area (Å²) in [6.45, 7) is 3.03. The number of thiophene rings is 1. The molecule has 3 rings (SSSR count). The summed E-state index contributed by atoms with van der Waals surface area (Å²) in [5, 5.41) is 7.89. The Hall–Kier alpha value is -1.00. The van der Waals surface area contributed by atoms with Gasteiger partial charge < -0.3 is 9.73 Å². The molecule has 0 amide bonds. The molecule has 0 fully saturated rings. The fourth-order valence-electron chi connectivity index (χ4n) is 2.31. The maximum Gasteiger partial charge on any atom is 0.152 e. The molecule has 3 aromatic rings. The Balaban J connectivity index is 2.05. The van der Waals surface area contributed by atoms with Gasteiger partial charge in [0.2, 0.25) is 0 Å². The molecule has 1 N–H and O–H groups in total. The van der Waals surface area contributed by atoms with Crippen LogP contribution < -0.4 is 5.32 Å². The van der Waals surface area contributed by atoms with E-state index in [-0.39, 0.29) is 6.04 Å². The van der Waals surface area contributed by atoms with Gasteiger partial charge in [-0.05, 0) is 36.5 Å². The number of fused-ring (bicyclic) bond motifs is 1. The molecule has 0 saturated heterocycles. The van der Waals surface area contributed by atoms with E-state index >= 15 is 0 Å². The van der Waals surface area contributed by atoms with Gasteiger partial charge in [-0.1, -0.05) is 42.3 Å². The van der Waals surface area contributed by atoms with E-state index in [0.29, 0.717) is 5.02 Å². The Labute approximate surface area is 137 Å². The van der Waals surface area contributed by atoms with Gasteiger partial charge in [0.1, 0.15) is 11.8 Å². The third-order valence-corrected chi connectivity index (χ3v) is 5.03. The van der Waals surface area contributed by atoms with Crippen LogP contribution in [0.15, 0.2) is 40.1 Å². The van der Waals surface area contributed by atoms with Gasteiger partial charge in [-0.25, -0.2) is 0 Å². The molecule has 0 saturated carbocycles. The van der Waals surface area contributed by atoms with Crippen molar-refractivity contribution in [2.24, 2.45) is 0 Å². The van der Waals surface area contributed by atoms with Crippen LogP contribution in [0.2, 0.25) is 10.0 Å². The molecule has 1 aromatic carbocycles. The molecule has 2 nitrogen and oxygen atoms in total. The molecular formula is C16H15Cl2NOS. The summed E-state index contributed by atoms with van der Waals surface area (Å²) in [4.78, 5) is 1.07. The van der Waals surface area contributed by atoms with Gasteiger partial charge in [-0.15, -0.1) is 11.3 Å². The molecule has 0 bridgehead atoms. The molecule has 0 aliphatic carbocycles. The van der Waals surface area contributed by atoms with E-state index in [2.05, 4.69) is 12.2 Å². The average Bonchev–Trinajstić information content (AvgIpc) is 3.07. The van der Waals surface area contributed by atoms with E-state index in [1.807, 2.05) is 35.7 Å². The molecule has 1 unspecified atom stereocenters. The van der Waals surface area contributed by atoms with Crippen molar-refractivity contribution < 1.29 is 4.42 Å². The van der Waals surface area contributed by atoms with Crippen LogP contribution in [0.4, 0.5) is 0 Å². The number of benzene rings is 1. The van der Waals surface area contributed by atoms with Gasteiger partial charge in [-0.2, -0.15) is 0 Å². The number of hydrogen-bond donors (Lipinski definition) is 1. The molecule has 110 valence electrons. The predicted octanol–water partition coefficient (Wildman–Crippen LogP) is 5.89. The smallest absolute Gasteiger partial charge is 0.152 e. The normalized spacial score (nSPS) is 12.9. The van der Waals surface area contributed by atoms with E-state index in [1.165, 1.54) is 0 Å². The average molecular weight is 340 g/mol. The lowest BCUT2D eigenvalue weighted by atomic mass is 10.1. The maximum atomic E-state index is 6.30. The van der Waals surface area contributed by atoms with Crippen molar-refractivity contribution in [1.82, 2.24) is 5.32 Å². The quantitative estimate of drug-likeness (QED) is 0.626. The van der Waals surface area contributed by atoms with E-state index in [9.17, 15) is 0 Å². The van der Waals surface area contributed by atoms with Crippen LogP contribution in [0.25, 0.3) is 11.0 Å².